The first-order valence-electron chi connectivity index (χ1n) is 11.1. The predicted octanol–water partition coefficient (Wildman–Crippen LogP) is 4.69. The van der Waals surface area contributed by atoms with Crippen LogP contribution in [-0.4, -0.2) is 39.4 Å². The van der Waals surface area contributed by atoms with Crippen LogP contribution in [0.2, 0.25) is 0 Å². The van der Waals surface area contributed by atoms with Crippen molar-refractivity contribution in [2.45, 2.75) is 31.8 Å². The maximum absolute atomic E-state index is 12.9. The van der Waals surface area contributed by atoms with Crippen molar-refractivity contribution in [3.8, 4) is 28.0 Å². The number of aromatic nitrogens is 3. The van der Waals surface area contributed by atoms with Crippen LogP contribution in [-0.2, 0) is 0 Å². The molecule has 2 aliphatic rings. The highest BCUT2D eigenvalue weighted by Crippen LogP contribution is 2.41. The number of hydrogen-bond acceptors (Lipinski definition) is 5. The topological polar surface area (TPSA) is 79.9 Å². The molecular formula is C26H24N4O2. The molecule has 4 aromatic rings. The monoisotopic (exact) mass is 424 g/mol. The number of ether oxygens (including phenoxy) is 1. The molecule has 6 nitrogen and oxygen atoms in total. The molecule has 6 rings (SSSR count). The number of pyridine rings is 2. The van der Waals surface area contributed by atoms with Gasteiger partial charge in [0.15, 0.2) is 5.78 Å². The highest BCUT2D eigenvalue weighted by Gasteiger charge is 2.41. The predicted molar refractivity (Wildman–Crippen MR) is 124 cm³/mol. The van der Waals surface area contributed by atoms with E-state index in [0.717, 1.165) is 64.9 Å². The number of carbonyl (C=O) groups is 1. The average Bonchev–Trinajstić information content (AvgIpc) is 3.23. The molecule has 2 N–H and O–H groups in total. The fraction of sp³-hybridized carbons (Fsp3) is 0.269. The number of nitrogens with zero attached hydrogens (tertiary/aromatic N) is 2. The van der Waals surface area contributed by atoms with Crippen LogP contribution in [0, 0.1) is 6.92 Å². The van der Waals surface area contributed by atoms with E-state index in [4.69, 9.17) is 4.74 Å². The smallest absolute Gasteiger partial charge is 0.170 e. The zero-order valence-corrected chi connectivity index (χ0v) is 17.9. The molecule has 160 valence electrons. The van der Waals surface area contributed by atoms with Gasteiger partial charge < -0.3 is 15.0 Å². The third kappa shape index (κ3) is 3.10. The van der Waals surface area contributed by atoms with Crippen LogP contribution in [0.5, 0.6) is 5.75 Å². The summed E-state index contributed by atoms with van der Waals surface area (Å²) < 4.78 is 6.50. The van der Waals surface area contributed by atoms with Gasteiger partial charge in [0.1, 0.15) is 17.0 Å². The number of Topliss-reactive ketones (excluding diaryl/α,β-unsaturated/α-hetero) is 1. The first kappa shape index (κ1) is 19.2. The molecule has 32 heavy (non-hydrogen) atoms. The molecule has 0 bridgehead atoms. The summed E-state index contributed by atoms with van der Waals surface area (Å²) in [7, 11) is 0. The molecule has 1 saturated heterocycles. The standard InChI is InChI=1S/C26H24N4O2/c1-16-19(3-2-8-28-16)18-11-21-22(15-30-25(21)29-14-18)17-4-5-20-23(31)13-26(32-24(20)12-17)6-9-27-10-7-26/h2-5,8,11-12,14-15,27H,6-7,9-10,13H2,1H3,(H,29,30). The summed E-state index contributed by atoms with van der Waals surface area (Å²) in [4.78, 5) is 25.2. The lowest BCUT2D eigenvalue weighted by Crippen LogP contribution is -2.49. The van der Waals surface area contributed by atoms with Gasteiger partial charge in [0, 0.05) is 59.2 Å². The number of ketones is 1. The Bertz CT molecular complexity index is 1350. The van der Waals surface area contributed by atoms with Gasteiger partial charge in [-0.25, -0.2) is 4.98 Å². The molecule has 0 aliphatic carbocycles. The van der Waals surface area contributed by atoms with Gasteiger partial charge in [-0.1, -0.05) is 12.1 Å². The van der Waals surface area contributed by atoms with Crippen LogP contribution in [0.4, 0.5) is 0 Å². The molecule has 0 unspecified atom stereocenters. The molecule has 5 heterocycles. The zero-order valence-electron chi connectivity index (χ0n) is 17.9. The highest BCUT2D eigenvalue weighted by molar-refractivity contribution is 6.02. The summed E-state index contributed by atoms with van der Waals surface area (Å²) in [5.74, 6) is 0.872. The average molecular weight is 425 g/mol. The summed E-state index contributed by atoms with van der Waals surface area (Å²) in [5, 5.41) is 4.40. The zero-order chi connectivity index (χ0) is 21.7. The second kappa shape index (κ2) is 7.28. The van der Waals surface area contributed by atoms with Crippen molar-refractivity contribution in [3.05, 3.63) is 66.2 Å². The van der Waals surface area contributed by atoms with Crippen molar-refractivity contribution in [3.63, 3.8) is 0 Å². The Hall–Kier alpha value is -3.51. The minimum Gasteiger partial charge on any atom is -0.486 e. The first-order valence-corrected chi connectivity index (χ1v) is 11.1. The van der Waals surface area contributed by atoms with Gasteiger partial charge in [-0.05, 0) is 49.8 Å². The summed E-state index contributed by atoms with van der Waals surface area (Å²) in [5.41, 5.74) is 6.26. The van der Waals surface area contributed by atoms with Crippen LogP contribution >= 0.6 is 0 Å². The molecule has 0 atom stereocenters. The van der Waals surface area contributed by atoms with Gasteiger partial charge in [0.25, 0.3) is 0 Å². The summed E-state index contributed by atoms with van der Waals surface area (Å²) in [6.07, 6.45) is 7.83. The summed E-state index contributed by atoms with van der Waals surface area (Å²) in [6.45, 7) is 3.77. The normalized spacial score (nSPS) is 17.3. The second-order valence-corrected chi connectivity index (χ2v) is 8.80. The highest BCUT2D eigenvalue weighted by atomic mass is 16.5. The Morgan fingerprint density at radius 3 is 2.72 bits per heavy atom. The number of fused-ring (bicyclic) bond motifs is 2. The van der Waals surface area contributed by atoms with Gasteiger partial charge in [0.05, 0.1) is 12.0 Å². The van der Waals surface area contributed by atoms with E-state index >= 15 is 0 Å². The molecule has 1 fully saturated rings. The van der Waals surface area contributed by atoms with Crippen molar-refractivity contribution in [2.24, 2.45) is 0 Å². The third-order valence-corrected chi connectivity index (χ3v) is 6.77. The number of carbonyl (C=O) groups excluding carboxylic acids is 1. The molecule has 3 aromatic heterocycles. The van der Waals surface area contributed by atoms with Crippen molar-refractivity contribution in [1.29, 1.82) is 0 Å². The van der Waals surface area contributed by atoms with Gasteiger partial charge in [-0.15, -0.1) is 0 Å². The van der Waals surface area contributed by atoms with Gasteiger partial charge >= 0.3 is 0 Å². The Morgan fingerprint density at radius 1 is 1.00 bits per heavy atom. The molecular weight excluding hydrogens is 400 g/mol. The Labute approximate surface area is 186 Å². The quantitative estimate of drug-likeness (QED) is 0.488. The summed E-state index contributed by atoms with van der Waals surface area (Å²) >= 11 is 0. The van der Waals surface area contributed by atoms with E-state index in [2.05, 4.69) is 32.4 Å². The number of H-pyrrole nitrogens is 1. The van der Waals surface area contributed by atoms with Crippen molar-refractivity contribution in [2.75, 3.05) is 13.1 Å². The number of piperidine rings is 1. The van der Waals surface area contributed by atoms with E-state index in [0.29, 0.717) is 17.7 Å². The number of aryl methyl sites for hydroxylation is 1. The largest absolute Gasteiger partial charge is 0.486 e. The Kier molecular flexibility index (Phi) is 4.36. The van der Waals surface area contributed by atoms with Crippen LogP contribution in [0.3, 0.4) is 0 Å². The van der Waals surface area contributed by atoms with E-state index in [1.807, 2.05) is 43.6 Å². The van der Waals surface area contributed by atoms with Crippen LogP contribution < -0.4 is 10.1 Å². The minimum absolute atomic E-state index is 0.176. The maximum atomic E-state index is 12.9. The lowest BCUT2D eigenvalue weighted by atomic mass is 9.82. The third-order valence-electron chi connectivity index (χ3n) is 6.77. The van der Waals surface area contributed by atoms with E-state index < -0.39 is 0 Å². The molecule has 0 radical (unpaired) electrons. The molecule has 0 amide bonds. The molecule has 6 heteroatoms. The Morgan fingerprint density at radius 2 is 1.88 bits per heavy atom. The van der Waals surface area contributed by atoms with Gasteiger partial charge in [0.2, 0.25) is 0 Å². The summed E-state index contributed by atoms with van der Waals surface area (Å²) in [6, 6.07) is 12.1. The molecule has 1 aromatic carbocycles. The van der Waals surface area contributed by atoms with Crippen molar-refractivity contribution in [1.82, 2.24) is 20.3 Å². The minimum atomic E-state index is -0.374. The van der Waals surface area contributed by atoms with E-state index in [1.54, 1.807) is 6.20 Å². The van der Waals surface area contributed by atoms with Crippen LogP contribution in [0.25, 0.3) is 33.3 Å². The fourth-order valence-corrected chi connectivity index (χ4v) is 5.00. The van der Waals surface area contributed by atoms with Crippen molar-refractivity contribution >= 4 is 16.8 Å². The lowest BCUT2D eigenvalue weighted by molar-refractivity contribution is 0.0188. The second-order valence-electron chi connectivity index (χ2n) is 8.80. The fourth-order valence-electron chi connectivity index (χ4n) is 5.00. The molecule has 2 aliphatic heterocycles. The van der Waals surface area contributed by atoms with E-state index in [9.17, 15) is 4.79 Å². The Balaban J connectivity index is 1.43. The first-order chi connectivity index (χ1) is 15.6. The van der Waals surface area contributed by atoms with E-state index in [1.165, 1.54) is 0 Å². The molecule has 1 spiro atoms. The van der Waals surface area contributed by atoms with E-state index in [-0.39, 0.29) is 11.4 Å². The SMILES string of the molecule is Cc1ncccc1-c1cnc2[nH]cc(-c3ccc4c(c3)OC3(CCNCC3)CC4=O)c2c1. The molecule has 0 saturated carbocycles. The van der Waals surface area contributed by atoms with Crippen LogP contribution in [0.15, 0.2) is 55.0 Å². The van der Waals surface area contributed by atoms with Gasteiger partial charge in [-0.2, -0.15) is 0 Å². The number of hydrogen-bond donors (Lipinski definition) is 2. The lowest BCUT2D eigenvalue weighted by Gasteiger charge is -2.41. The number of benzene rings is 1. The van der Waals surface area contributed by atoms with Crippen LogP contribution in [0.1, 0.15) is 35.3 Å². The van der Waals surface area contributed by atoms with Crippen molar-refractivity contribution < 1.29 is 9.53 Å². The number of rotatable bonds is 2. The van der Waals surface area contributed by atoms with Gasteiger partial charge in [-0.3, -0.25) is 9.78 Å². The number of aromatic amines is 1. The maximum Gasteiger partial charge on any atom is 0.170 e. The number of nitrogens with one attached hydrogen (secondary N) is 2.